The van der Waals surface area contributed by atoms with Gasteiger partial charge in [0.05, 0.1) is 16.3 Å². The molecule has 0 saturated carbocycles. The van der Waals surface area contributed by atoms with E-state index in [1.54, 1.807) is 18.2 Å². The predicted molar refractivity (Wildman–Crippen MR) is 98.4 cm³/mol. The van der Waals surface area contributed by atoms with Gasteiger partial charge in [-0.1, -0.05) is 29.3 Å². The van der Waals surface area contributed by atoms with Crippen molar-refractivity contribution in [2.45, 2.75) is 32.3 Å². The number of carbonyl (C=O) groups is 2. The van der Waals surface area contributed by atoms with E-state index < -0.39 is 18.0 Å². The van der Waals surface area contributed by atoms with E-state index in [0.29, 0.717) is 21.3 Å². The van der Waals surface area contributed by atoms with E-state index in [2.05, 4.69) is 5.32 Å². The number of esters is 1. The summed E-state index contributed by atoms with van der Waals surface area (Å²) in [6, 6.07) is 10.3. The summed E-state index contributed by atoms with van der Waals surface area (Å²) in [4.78, 5) is 24.5. The third kappa shape index (κ3) is 4.14. The minimum atomic E-state index is -0.962. The van der Waals surface area contributed by atoms with Gasteiger partial charge in [-0.15, -0.1) is 0 Å². The lowest BCUT2D eigenvalue weighted by molar-refractivity contribution is -0.123. The molecular formula is C19H17Cl2NO3. The minimum Gasteiger partial charge on any atom is -0.449 e. The first-order valence-electron chi connectivity index (χ1n) is 8.03. The highest BCUT2D eigenvalue weighted by Crippen LogP contribution is 2.26. The van der Waals surface area contributed by atoms with Crippen LogP contribution >= 0.6 is 23.2 Å². The molecule has 0 spiro atoms. The van der Waals surface area contributed by atoms with Gasteiger partial charge in [0, 0.05) is 5.02 Å². The van der Waals surface area contributed by atoms with Crippen LogP contribution in [0.4, 0.5) is 5.69 Å². The summed E-state index contributed by atoms with van der Waals surface area (Å²) in [5, 5.41) is 3.42. The number of rotatable bonds is 4. The molecule has 0 aliphatic heterocycles. The Morgan fingerprint density at radius 3 is 2.64 bits per heavy atom. The Hall–Kier alpha value is -2.04. The molecule has 2 aromatic carbocycles. The average Bonchev–Trinajstić information content (AvgIpc) is 3.05. The maximum Gasteiger partial charge on any atom is 0.338 e. The number of nitrogens with one attached hydrogen (secondary N) is 1. The van der Waals surface area contributed by atoms with Crippen LogP contribution in [0.1, 0.15) is 34.8 Å². The second-order valence-corrected chi connectivity index (χ2v) is 6.84. The molecule has 1 aliphatic rings. The van der Waals surface area contributed by atoms with Gasteiger partial charge in [-0.05, 0) is 67.6 Å². The van der Waals surface area contributed by atoms with Crippen LogP contribution in [0.5, 0.6) is 0 Å². The van der Waals surface area contributed by atoms with Crippen molar-refractivity contribution in [1.29, 1.82) is 0 Å². The third-order valence-electron chi connectivity index (χ3n) is 4.17. The largest absolute Gasteiger partial charge is 0.449 e. The fourth-order valence-corrected chi connectivity index (χ4v) is 3.15. The van der Waals surface area contributed by atoms with Crippen LogP contribution in [0.2, 0.25) is 10.0 Å². The first kappa shape index (κ1) is 17.8. The SMILES string of the molecule is C[C@H](OC(=O)c1ccc2c(c1)CCC2)C(=O)Nc1cc(Cl)ccc1Cl. The molecule has 3 rings (SSSR count). The highest BCUT2D eigenvalue weighted by Gasteiger charge is 2.21. The number of benzene rings is 2. The van der Waals surface area contributed by atoms with Crippen LogP contribution in [0.25, 0.3) is 0 Å². The number of ether oxygens (including phenoxy) is 1. The molecule has 6 heteroatoms. The number of aryl methyl sites for hydroxylation is 2. The smallest absolute Gasteiger partial charge is 0.338 e. The zero-order valence-corrected chi connectivity index (χ0v) is 15.2. The lowest BCUT2D eigenvalue weighted by Gasteiger charge is -2.15. The van der Waals surface area contributed by atoms with E-state index in [1.165, 1.54) is 24.1 Å². The molecule has 130 valence electrons. The van der Waals surface area contributed by atoms with E-state index >= 15 is 0 Å². The Kier molecular flexibility index (Phi) is 5.30. The van der Waals surface area contributed by atoms with Crippen molar-refractivity contribution in [3.63, 3.8) is 0 Å². The molecule has 0 heterocycles. The van der Waals surface area contributed by atoms with Gasteiger partial charge in [0.25, 0.3) is 5.91 Å². The summed E-state index contributed by atoms with van der Waals surface area (Å²) in [7, 11) is 0. The topological polar surface area (TPSA) is 55.4 Å². The summed E-state index contributed by atoms with van der Waals surface area (Å²) in [5.41, 5.74) is 3.29. The molecule has 0 bridgehead atoms. The molecule has 1 N–H and O–H groups in total. The van der Waals surface area contributed by atoms with Crippen molar-refractivity contribution in [2.24, 2.45) is 0 Å². The van der Waals surface area contributed by atoms with Gasteiger partial charge >= 0.3 is 5.97 Å². The van der Waals surface area contributed by atoms with E-state index in [0.717, 1.165) is 19.3 Å². The van der Waals surface area contributed by atoms with Gasteiger partial charge in [-0.2, -0.15) is 0 Å². The predicted octanol–water partition coefficient (Wildman–Crippen LogP) is 4.67. The Bertz CT molecular complexity index is 835. The molecule has 0 radical (unpaired) electrons. The first-order chi connectivity index (χ1) is 11.9. The number of hydrogen-bond donors (Lipinski definition) is 1. The molecule has 25 heavy (non-hydrogen) atoms. The molecule has 1 aliphatic carbocycles. The number of anilines is 1. The van der Waals surface area contributed by atoms with Gasteiger partial charge < -0.3 is 10.1 Å². The van der Waals surface area contributed by atoms with Crippen molar-refractivity contribution < 1.29 is 14.3 Å². The first-order valence-corrected chi connectivity index (χ1v) is 8.78. The van der Waals surface area contributed by atoms with E-state index in [1.807, 2.05) is 12.1 Å². The van der Waals surface area contributed by atoms with E-state index in [9.17, 15) is 9.59 Å². The van der Waals surface area contributed by atoms with Crippen molar-refractivity contribution in [3.05, 3.63) is 63.1 Å². The van der Waals surface area contributed by atoms with Gasteiger partial charge in [0.1, 0.15) is 0 Å². The Morgan fingerprint density at radius 1 is 1.08 bits per heavy atom. The monoisotopic (exact) mass is 377 g/mol. The maximum absolute atomic E-state index is 12.3. The Balaban J connectivity index is 1.64. The van der Waals surface area contributed by atoms with Gasteiger partial charge in [0.15, 0.2) is 6.10 Å². The highest BCUT2D eigenvalue weighted by atomic mass is 35.5. The summed E-state index contributed by atoms with van der Waals surface area (Å²) >= 11 is 11.9. The van der Waals surface area contributed by atoms with Gasteiger partial charge in [0.2, 0.25) is 0 Å². The van der Waals surface area contributed by atoms with E-state index in [-0.39, 0.29) is 0 Å². The maximum atomic E-state index is 12.3. The number of halogens is 2. The number of amides is 1. The Morgan fingerprint density at radius 2 is 1.84 bits per heavy atom. The molecule has 0 unspecified atom stereocenters. The minimum absolute atomic E-state index is 0.356. The van der Waals surface area contributed by atoms with Crippen LogP contribution in [0.15, 0.2) is 36.4 Å². The quantitative estimate of drug-likeness (QED) is 0.787. The van der Waals surface area contributed by atoms with Crippen LogP contribution in [-0.4, -0.2) is 18.0 Å². The van der Waals surface area contributed by atoms with Crippen LogP contribution in [0.3, 0.4) is 0 Å². The zero-order chi connectivity index (χ0) is 18.0. The highest BCUT2D eigenvalue weighted by molar-refractivity contribution is 6.35. The number of fused-ring (bicyclic) bond motifs is 1. The van der Waals surface area contributed by atoms with Crippen molar-refractivity contribution in [1.82, 2.24) is 0 Å². The zero-order valence-electron chi connectivity index (χ0n) is 13.6. The standard InChI is InChI=1S/C19H17Cl2NO3/c1-11(18(23)22-17-10-15(20)7-8-16(17)21)25-19(24)14-6-5-12-3-2-4-13(12)9-14/h5-11H,2-4H2,1H3,(H,22,23)/t11-/m0/s1. The van der Waals surface area contributed by atoms with E-state index in [4.69, 9.17) is 27.9 Å². The fourth-order valence-electron chi connectivity index (χ4n) is 2.81. The summed E-state index contributed by atoms with van der Waals surface area (Å²) in [6.07, 6.45) is 2.16. The number of hydrogen-bond acceptors (Lipinski definition) is 3. The van der Waals surface area contributed by atoms with Crippen molar-refractivity contribution in [3.8, 4) is 0 Å². The summed E-state index contributed by atoms with van der Waals surface area (Å²) in [6.45, 7) is 1.51. The average molecular weight is 378 g/mol. The second-order valence-electron chi connectivity index (χ2n) is 6.00. The molecule has 0 fully saturated rings. The lowest BCUT2D eigenvalue weighted by Crippen LogP contribution is -2.30. The van der Waals surface area contributed by atoms with Crippen LogP contribution in [0, 0.1) is 0 Å². The number of carbonyl (C=O) groups excluding carboxylic acids is 2. The van der Waals surface area contributed by atoms with Crippen molar-refractivity contribution >= 4 is 40.8 Å². The lowest BCUT2D eigenvalue weighted by atomic mass is 10.1. The fraction of sp³-hybridized carbons (Fsp3) is 0.263. The molecule has 0 saturated heterocycles. The molecule has 2 aromatic rings. The van der Waals surface area contributed by atoms with Crippen molar-refractivity contribution in [2.75, 3.05) is 5.32 Å². The molecule has 1 atom stereocenters. The molecule has 0 aromatic heterocycles. The summed E-state index contributed by atoms with van der Waals surface area (Å²) < 4.78 is 5.27. The molecular weight excluding hydrogens is 361 g/mol. The third-order valence-corrected chi connectivity index (χ3v) is 4.74. The van der Waals surface area contributed by atoms with Gasteiger partial charge in [-0.25, -0.2) is 4.79 Å². The van der Waals surface area contributed by atoms with Gasteiger partial charge in [-0.3, -0.25) is 4.79 Å². The van der Waals surface area contributed by atoms with Crippen LogP contribution < -0.4 is 5.32 Å². The molecule has 1 amide bonds. The summed E-state index contributed by atoms with van der Waals surface area (Å²) in [5.74, 6) is -0.992. The Labute approximate surface area is 156 Å². The normalized spacial score (nSPS) is 13.9. The second kappa shape index (κ2) is 7.46. The molecule has 4 nitrogen and oxygen atoms in total. The van der Waals surface area contributed by atoms with Crippen LogP contribution in [-0.2, 0) is 22.4 Å².